The first-order valence-corrected chi connectivity index (χ1v) is 7.45. The fourth-order valence-corrected chi connectivity index (χ4v) is 3.25. The summed E-state index contributed by atoms with van der Waals surface area (Å²) in [5.41, 5.74) is 7.24. The summed E-state index contributed by atoms with van der Waals surface area (Å²) in [4.78, 5) is 0. The van der Waals surface area contributed by atoms with Gasteiger partial charge in [-0.1, -0.05) is 31.4 Å². The van der Waals surface area contributed by atoms with Crippen molar-refractivity contribution in [1.29, 1.82) is 0 Å². The first-order chi connectivity index (χ1) is 8.18. The quantitative estimate of drug-likeness (QED) is 0.785. The van der Waals surface area contributed by atoms with Gasteiger partial charge in [-0.05, 0) is 59.0 Å². The molecule has 1 fully saturated rings. The van der Waals surface area contributed by atoms with Crippen molar-refractivity contribution in [3.05, 3.63) is 33.4 Å². The summed E-state index contributed by atoms with van der Waals surface area (Å²) in [5, 5.41) is 10.4. The highest BCUT2D eigenvalue weighted by atomic mass is 127. The minimum absolute atomic E-state index is 0. The van der Waals surface area contributed by atoms with Crippen molar-refractivity contribution in [2.75, 3.05) is 0 Å². The molecule has 1 saturated carbocycles. The maximum atomic E-state index is 10.4. The van der Waals surface area contributed by atoms with E-state index in [1.165, 1.54) is 22.8 Å². The van der Waals surface area contributed by atoms with E-state index in [1.54, 1.807) is 0 Å². The van der Waals surface area contributed by atoms with Crippen molar-refractivity contribution >= 4 is 35.0 Å². The van der Waals surface area contributed by atoms with Crippen molar-refractivity contribution in [2.45, 2.75) is 44.2 Å². The van der Waals surface area contributed by atoms with Gasteiger partial charge in [0, 0.05) is 3.57 Å². The smallest absolute Gasteiger partial charge is 0.0760 e. The van der Waals surface area contributed by atoms with Gasteiger partial charge in [-0.3, -0.25) is 0 Å². The second-order valence-electron chi connectivity index (χ2n) is 4.97. The Morgan fingerprint density at radius 2 is 1.89 bits per heavy atom. The number of nitrogens with two attached hydrogens (primary N) is 1. The molecule has 102 valence electrons. The maximum absolute atomic E-state index is 10.4. The molecular weight excluding hydrogens is 361 g/mol. The van der Waals surface area contributed by atoms with E-state index in [-0.39, 0.29) is 18.4 Å². The summed E-state index contributed by atoms with van der Waals surface area (Å²) in [7, 11) is 0. The average Bonchev–Trinajstić information content (AvgIpc) is 2.38. The SMILES string of the molecule is Cl.N[C@H](c1cccc(I)c1)[C@@H](O)C1CCCCC1. The lowest BCUT2D eigenvalue weighted by atomic mass is 9.81. The van der Waals surface area contributed by atoms with Crippen molar-refractivity contribution in [3.8, 4) is 0 Å². The van der Waals surface area contributed by atoms with Gasteiger partial charge in [-0.2, -0.15) is 0 Å². The van der Waals surface area contributed by atoms with E-state index in [1.807, 2.05) is 18.2 Å². The molecule has 3 N–H and O–H groups in total. The zero-order valence-corrected chi connectivity index (χ0v) is 13.4. The molecule has 0 unspecified atom stereocenters. The highest BCUT2D eigenvalue weighted by Gasteiger charge is 2.27. The fourth-order valence-electron chi connectivity index (χ4n) is 2.68. The summed E-state index contributed by atoms with van der Waals surface area (Å²) in [6.45, 7) is 0. The molecule has 4 heteroatoms. The van der Waals surface area contributed by atoms with Crippen LogP contribution in [0.4, 0.5) is 0 Å². The number of aliphatic hydroxyl groups is 1. The van der Waals surface area contributed by atoms with Crippen LogP contribution in [0.5, 0.6) is 0 Å². The van der Waals surface area contributed by atoms with Crippen LogP contribution in [0.15, 0.2) is 24.3 Å². The van der Waals surface area contributed by atoms with E-state index in [9.17, 15) is 5.11 Å². The van der Waals surface area contributed by atoms with Gasteiger partial charge in [0.2, 0.25) is 0 Å². The molecule has 1 aliphatic rings. The molecule has 1 aliphatic carbocycles. The molecule has 0 bridgehead atoms. The third-order valence-corrected chi connectivity index (χ3v) is 4.41. The summed E-state index contributed by atoms with van der Waals surface area (Å²) in [6, 6.07) is 7.89. The van der Waals surface area contributed by atoms with Crippen LogP contribution in [0.3, 0.4) is 0 Å². The van der Waals surface area contributed by atoms with Crippen LogP contribution in [-0.2, 0) is 0 Å². The summed E-state index contributed by atoms with van der Waals surface area (Å²) >= 11 is 2.28. The molecule has 2 atom stereocenters. The molecule has 18 heavy (non-hydrogen) atoms. The lowest BCUT2D eigenvalue weighted by Crippen LogP contribution is -2.34. The second-order valence-corrected chi connectivity index (χ2v) is 6.22. The summed E-state index contributed by atoms with van der Waals surface area (Å²) in [5.74, 6) is 0.386. The number of aliphatic hydroxyl groups excluding tert-OH is 1. The topological polar surface area (TPSA) is 46.2 Å². The van der Waals surface area contributed by atoms with Gasteiger partial charge in [0.15, 0.2) is 0 Å². The third kappa shape index (κ3) is 4.08. The molecule has 2 rings (SSSR count). The van der Waals surface area contributed by atoms with Crippen molar-refractivity contribution in [3.63, 3.8) is 0 Å². The van der Waals surface area contributed by atoms with Crippen LogP contribution in [0.25, 0.3) is 0 Å². The predicted molar refractivity (Wildman–Crippen MR) is 85.9 cm³/mol. The number of rotatable bonds is 3. The Hall–Kier alpha value is 0.160. The van der Waals surface area contributed by atoms with Gasteiger partial charge < -0.3 is 10.8 Å². The Morgan fingerprint density at radius 3 is 2.50 bits per heavy atom. The monoisotopic (exact) mass is 381 g/mol. The fraction of sp³-hybridized carbons (Fsp3) is 0.571. The Morgan fingerprint density at radius 1 is 1.22 bits per heavy atom. The van der Waals surface area contributed by atoms with E-state index in [2.05, 4.69) is 28.7 Å². The summed E-state index contributed by atoms with van der Waals surface area (Å²) in [6.07, 6.45) is 5.63. The number of hydrogen-bond donors (Lipinski definition) is 2. The highest BCUT2D eigenvalue weighted by Crippen LogP contribution is 2.31. The number of benzene rings is 1. The average molecular weight is 382 g/mol. The minimum Gasteiger partial charge on any atom is -0.391 e. The Labute approximate surface area is 129 Å². The van der Waals surface area contributed by atoms with Gasteiger partial charge in [0.25, 0.3) is 0 Å². The Balaban J connectivity index is 0.00000162. The molecule has 0 spiro atoms. The molecule has 0 amide bonds. The maximum Gasteiger partial charge on any atom is 0.0760 e. The van der Waals surface area contributed by atoms with Crippen molar-refractivity contribution < 1.29 is 5.11 Å². The standard InChI is InChI=1S/C14H20INO.ClH/c15-12-8-4-7-11(9-12)13(16)14(17)10-5-2-1-3-6-10;/h4,7-10,13-14,17H,1-3,5-6,16H2;1H/t13-,14+;/m1./s1. The molecule has 1 aromatic carbocycles. The minimum atomic E-state index is -0.395. The number of hydrogen-bond acceptors (Lipinski definition) is 2. The first kappa shape index (κ1) is 16.2. The van der Waals surface area contributed by atoms with E-state index in [4.69, 9.17) is 5.73 Å². The van der Waals surface area contributed by atoms with E-state index >= 15 is 0 Å². The van der Waals surface area contributed by atoms with Gasteiger partial charge in [0.1, 0.15) is 0 Å². The van der Waals surface area contributed by atoms with Crippen LogP contribution >= 0.6 is 35.0 Å². The van der Waals surface area contributed by atoms with Crippen molar-refractivity contribution in [2.24, 2.45) is 11.7 Å². The normalized spacial score (nSPS) is 19.9. The summed E-state index contributed by atoms with van der Waals surface area (Å²) < 4.78 is 1.17. The molecular formula is C14H21ClINO. The van der Waals surface area contributed by atoms with Crippen LogP contribution in [-0.4, -0.2) is 11.2 Å². The van der Waals surface area contributed by atoms with Crippen LogP contribution in [0.2, 0.25) is 0 Å². The highest BCUT2D eigenvalue weighted by molar-refractivity contribution is 14.1. The van der Waals surface area contributed by atoms with Gasteiger partial charge in [-0.15, -0.1) is 12.4 Å². The lowest BCUT2D eigenvalue weighted by Gasteiger charge is -2.30. The van der Waals surface area contributed by atoms with E-state index in [0.29, 0.717) is 5.92 Å². The van der Waals surface area contributed by atoms with Crippen LogP contribution in [0, 0.1) is 9.49 Å². The molecule has 1 aromatic rings. The third-order valence-electron chi connectivity index (χ3n) is 3.73. The van der Waals surface area contributed by atoms with Gasteiger partial charge in [-0.25, -0.2) is 0 Å². The molecule has 0 aromatic heterocycles. The van der Waals surface area contributed by atoms with Gasteiger partial charge >= 0.3 is 0 Å². The van der Waals surface area contributed by atoms with Crippen LogP contribution in [0.1, 0.15) is 43.7 Å². The lowest BCUT2D eigenvalue weighted by molar-refractivity contribution is 0.0618. The van der Waals surface area contributed by atoms with E-state index in [0.717, 1.165) is 18.4 Å². The molecule has 0 saturated heterocycles. The molecule has 0 heterocycles. The van der Waals surface area contributed by atoms with Crippen molar-refractivity contribution in [1.82, 2.24) is 0 Å². The van der Waals surface area contributed by atoms with Crippen LogP contribution < -0.4 is 5.73 Å². The number of halogens is 2. The Kier molecular flexibility index (Phi) is 6.92. The molecule has 0 aliphatic heterocycles. The second kappa shape index (κ2) is 7.68. The predicted octanol–water partition coefficient (Wildman–Crippen LogP) is 3.65. The van der Waals surface area contributed by atoms with E-state index < -0.39 is 6.10 Å². The largest absolute Gasteiger partial charge is 0.391 e. The van der Waals surface area contributed by atoms with Gasteiger partial charge in [0.05, 0.1) is 12.1 Å². The Bertz CT molecular complexity index is 369. The zero-order chi connectivity index (χ0) is 12.3. The molecule has 0 radical (unpaired) electrons. The molecule has 2 nitrogen and oxygen atoms in total. The first-order valence-electron chi connectivity index (χ1n) is 6.37. The zero-order valence-electron chi connectivity index (χ0n) is 10.4.